The number of aryl methyl sites for hydroxylation is 1. The van der Waals surface area contributed by atoms with Crippen LogP contribution in [0.1, 0.15) is 5.56 Å². The number of fused-ring (bicyclic) bond motifs is 1. The van der Waals surface area contributed by atoms with Crippen molar-refractivity contribution in [3.05, 3.63) is 59.8 Å². The molecule has 3 aromatic rings. The van der Waals surface area contributed by atoms with Crippen molar-refractivity contribution in [1.82, 2.24) is 9.78 Å². The highest BCUT2D eigenvalue weighted by molar-refractivity contribution is 5.81. The molecule has 0 aliphatic heterocycles. The molecule has 0 radical (unpaired) electrons. The number of benzene rings is 2. The van der Waals surface area contributed by atoms with E-state index in [2.05, 4.69) is 10.4 Å². The van der Waals surface area contributed by atoms with Crippen LogP contribution in [0.3, 0.4) is 0 Å². The Morgan fingerprint density at radius 1 is 1.10 bits per heavy atom. The molecular weight excluding hydrogens is 260 g/mol. The average Bonchev–Trinajstić information content (AvgIpc) is 2.74. The fourth-order valence-electron chi connectivity index (χ4n) is 2.18. The van der Waals surface area contributed by atoms with Gasteiger partial charge in [-0.2, -0.15) is 5.10 Å². The van der Waals surface area contributed by atoms with E-state index in [1.165, 1.54) is 12.1 Å². The maximum atomic E-state index is 13.1. The molecule has 20 heavy (non-hydrogen) atoms. The summed E-state index contributed by atoms with van der Waals surface area (Å²) in [6.07, 6.45) is 1.92. The fourth-order valence-corrected chi connectivity index (χ4v) is 2.18. The number of aromatic nitrogens is 2. The number of rotatable bonds is 3. The molecule has 2 aromatic carbocycles. The van der Waals surface area contributed by atoms with Crippen molar-refractivity contribution in [2.24, 2.45) is 7.05 Å². The van der Waals surface area contributed by atoms with Crippen LogP contribution in [0.5, 0.6) is 0 Å². The Balaban J connectivity index is 1.79. The predicted octanol–water partition coefficient (Wildman–Crippen LogP) is 3.46. The summed E-state index contributed by atoms with van der Waals surface area (Å²) in [5.41, 5.74) is 2.36. The van der Waals surface area contributed by atoms with Crippen LogP contribution >= 0.6 is 0 Å². The first-order chi connectivity index (χ1) is 9.60. The van der Waals surface area contributed by atoms with Gasteiger partial charge in [0.1, 0.15) is 11.6 Å². The average molecular weight is 273 g/mol. The number of halogens is 2. The summed E-state index contributed by atoms with van der Waals surface area (Å²) in [5, 5.41) is 8.45. The topological polar surface area (TPSA) is 29.9 Å². The molecule has 0 aliphatic carbocycles. The van der Waals surface area contributed by atoms with Gasteiger partial charge in [-0.05, 0) is 35.9 Å². The summed E-state index contributed by atoms with van der Waals surface area (Å²) in [6, 6.07) is 9.26. The minimum Gasteiger partial charge on any atom is -0.381 e. The van der Waals surface area contributed by atoms with Crippen LogP contribution in [0, 0.1) is 11.6 Å². The van der Waals surface area contributed by atoms with E-state index in [0.717, 1.165) is 22.7 Å². The summed E-state index contributed by atoms with van der Waals surface area (Å²) >= 11 is 0. The SMILES string of the molecule is Cn1cc2cc(NCc3cc(F)cc(F)c3)ccc2n1. The van der Waals surface area contributed by atoms with Crippen molar-refractivity contribution in [1.29, 1.82) is 0 Å². The molecule has 0 fully saturated rings. The summed E-state index contributed by atoms with van der Waals surface area (Å²) in [5.74, 6) is -1.13. The zero-order valence-electron chi connectivity index (χ0n) is 10.9. The molecule has 0 saturated carbocycles. The second kappa shape index (κ2) is 4.92. The van der Waals surface area contributed by atoms with Crippen molar-refractivity contribution < 1.29 is 8.78 Å². The summed E-state index contributed by atoms with van der Waals surface area (Å²) in [4.78, 5) is 0. The van der Waals surface area contributed by atoms with E-state index in [1.807, 2.05) is 31.4 Å². The zero-order valence-corrected chi connectivity index (χ0v) is 10.9. The van der Waals surface area contributed by atoms with Gasteiger partial charge in [-0.25, -0.2) is 8.78 Å². The van der Waals surface area contributed by atoms with Gasteiger partial charge in [0, 0.05) is 36.9 Å². The Labute approximate surface area is 114 Å². The Morgan fingerprint density at radius 3 is 2.60 bits per heavy atom. The molecule has 0 bridgehead atoms. The van der Waals surface area contributed by atoms with E-state index < -0.39 is 11.6 Å². The fraction of sp³-hybridized carbons (Fsp3) is 0.133. The largest absolute Gasteiger partial charge is 0.381 e. The van der Waals surface area contributed by atoms with Crippen LogP contribution in [0.4, 0.5) is 14.5 Å². The predicted molar refractivity (Wildman–Crippen MR) is 74.4 cm³/mol. The standard InChI is InChI=1S/C15H13F2N3/c1-20-9-11-6-14(2-3-15(11)19-20)18-8-10-4-12(16)7-13(17)5-10/h2-7,9,18H,8H2,1H3. The first-order valence-corrected chi connectivity index (χ1v) is 6.22. The second-order valence-corrected chi connectivity index (χ2v) is 4.71. The number of nitrogens with zero attached hydrogens (tertiary/aromatic N) is 2. The van der Waals surface area contributed by atoms with Gasteiger partial charge in [-0.1, -0.05) is 0 Å². The normalized spacial score (nSPS) is 10.9. The number of hydrogen-bond donors (Lipinski definition) is 1. The third-order valence-corrected chi connectivity index (χ3v) is 3.04. The van der Waals surface area contributed by atoms with Crippen LogP contribution in [0.25, 0.3) is 10.9 Å². The lowest BCUT2D eigenvalue weighted by molar-refractivity contribution is 0.580. The van der Waals surface area contributed by atoms with Crippen LogP contribution in [-0.4, -0.2) is 9.78 Å². The lowest BCUT2D eigenvalue weighted by Crippen LogP contribution is -2.00. The van der Waals surface area contributed by atoms with Gasteiger partial charge in [-0.15, -0.1) is 0 Å². The van der Waals surface area contributed by atoms with Crippen LogP contribution in [-0.2, 0) is 13.6 Å². The lowest BCUT2D eigenvalue weighted by Gasteiger charge is -2.07. The van der Waals surface area contributed by atoms with Crippen molar-refractivity contribution in [2.75, 3.05) is 5.32 Å². The van der Waals surface area contributed by atoms with E-state index >= 15 is 0 Å². The summed E-state index contributed by atoms with van der Waals surface area (Å²) < 4.78 is 27.9. The van der Waals surface area contributed by atoms with E-state index in [9.17, 15) is 8.78 Å². The lowest BCUT2D eigenvalue weighted by atomic mass is 10.2. The van der Waals surface area contributed by atoms with E-state index in [-0.39, 0.29) is 0 Å². The molecular formula is C15H13F2N3. The molecule has 0 unspecified atom stereocenters. The van der Waals surface area contributed by atoms with Crippen LogP contribution < -0.4 is 5.32 Å². The van der Waals surface area contributed by atoms with Crippen molar-refractivity contribution in [2.45, 2.75) is 6.54 Å². The third-order valence-electron chi connectivity index (χ3n) is 3.04. The van der Waals surface area contributed by atoms with Gasteiger partial charge < -0.3 is 5.32 Å². The van der Waals surface area contributed by atoms with Crippen LogP contribution in [0.15, 0.2) is 42.6 Å². The molecule has 5 heteroatoms. The molecule has 0 spiro atoms. The molecule has 0 amide bonds. The number of nitrogens with one attached hydrogen (secondary N) is 1. The van der Waals surface area contributed by atoms with E-state index in [1.54, 1.807) is 4.68 Å². The molecule has 1 aromatic heterocycles. The van der Waals surface area contributed by atoms with Gasteiger partial charge >= 0.3 is 0 Å². The maximum Gasteiger partial charge on any atom is 0.126 e. The Kier molecular flexibility index (Phi) is 3.10. The van der Waals surface area contributed by atoms with Gasteiger partial charge in [0.25, 0.3) is 0 Å². The van der Waals surface area contributed by atoms with Crippen molar-refractivity contribution in [3.63, 3.8) is 0 Å². The van der Waals surface area contributed by atoms with Gasteiger partial charge in [0.05, 0.1) is 5.52 Å². The highest BCUT2D eigenvalue weighted by Gasteiger charge is 2.02. The molecule has 1 N–H and O–H groups in total. The summed E-state index contributed by atoms with van der Waals surface area (Å²) in [6.45, 7) is 0.362. The van der Waals surface area contributed by atoms with Gasteiger partial charge in [0.15, 0.2) is 0 Å². The third kappa shape index (κ3) is 2.61. The van der Waals surface area contributed by atoms with Crippen LogP contribution in [0.2, 0.25) is 0 Å². The minimum absolute atomic E-state index is 0.362. The quantitative estimate of drug-likeness (QED) is 0.792. The Bertz CT molecular complexity index is 745. The molecule has 102 valence electrons. The maximum absolute atomic E-state index is 13.1. The first-order valence-electron chi connectivity index (χ1n) is 6.22. The van der Waals surface area contributed by atoms with Gasteiger partial charge in [-0.3, -0.25) is 4.68 Å². The number of hydrogen-bond acceptors (Lipinski definition) is 2. The zero-order chi connectivity index (χ0) is 14.1. The second-order valence-electron chi connectivity index (χ2n) is 4.71. The van der Waals surface area contributed by atoms with E-state index in [4.69, 9.17) is 0 Å². The smallest absolute Gasteiger partial charge is 0.126 e. The molecule has 3 nitrogen and oxygen atoms in total. The molecule has 0 aliphatic rings. The first kappa shape index (κ1) is 12.6. The highest BCUT2D eigenvalue weighted by atomic mass is 19.1. The Morgan fingerprint density at radius 2 is 1.85 bits per heavy atom. The highest BCUT2D eigenvalue weighted by Crippen LogP contribution is 2.18. The van der Waals surface area contributed by atoms with Crippen molar-refractivity contribution in [3.8, 4) is 0 Å². The minimum atomic E-state index is -0.565. The molecule has 0 atom stereocenters. The molecule has 0 saturated heterocycles. The monoisotopic (exact) mass is 273 g/mol. The van der Waals surface area contributed by atoms with Gasteiger partial charge in [0.2, 0.25) is 0 Å². The Hall–Kier alpha value is -2.43. The van der Waals surface area contributed by atoms with E-state index in [0.29, 0.717) is 12.1 Å². The molecule has 3 rings (SSSR count). The molecule has 1 heterocycles. The number of anilines is 1. The summed E-state index contributed by atoms with van der Waals surface area (Å²) in [7, 11) is 1.86. The van der Waals surface area contributed by atoms with Crippen molar-refractivity contribution >= 4 is 16.6 Å².